The zero-order chi connectivity index (χ0) is 48.3. The lowest BCUT2D eigenvalue weighted by atomic mass is 9.82. The van der Waals surface area contributed by atoms with Crippen LogP contribution in [0.25, 0.3) is 33.4 Å². The molecule has 0 saturated heterocycles. The Bertz CT molecular complexity index is 3390. The van der Waals surface area contributed by atoms with Gasteiger partial charge in [-0.05, 0) is 108 Å². The first-order valence-corrected chi connectivity index (χ1v) is 29.5. The van der Waals surface area contributed by atoms with Gasteiger partial charge in [-0.25, -0.2) is 0 Å². The van der Waals surface area contributed by atoms with Gasteiger partial charge in [0.15, 0.2) is 16.1 Å². The summed E-state index contributed by atoms with van der Waals surface area (Å²) in [6, 6.07) is 94.3. The SMILES string of the molecule is CC1(C)c2ccccc2-c2ccc([Si](c3ccccc3)(c3ccccc3)c3ccc4c(c3)C(C)(C)c3cc([Si](c5ccccc5)(c5ccccc5)c5ccc6c(c5)C(C)(C)c5ccccc5-6)ccc3-4)cc21. The molecule has 0 aliphatic heterocycles. The predicted molar refractivity (Wildman–Crippen MR) is 306 cm³/mol. The van der Waals surface area contributed by atoms with E-state index in [2.05, 4.69) is 284 Å². The molecule has 13 rings (SSSR count). The molecule has 0 N–H and O–H groups in total. The maximum atomic E-state index is 2.65. The first kappa shape index (κ1) is 43.6. The molecule has 3 aliphatic rings. The van der Waals surface area contributed by atoms with E-state index in [-0.39, 0.29) is 16.2 Å². The number of rotatable bonds is 8. The minimum atomic E-state index is -2.93. The number of benzene rings is 10. The number of hydrogen-bond donors (Lipinski definition) is 0. The molecule has 3 aliphatic carbocycles. The van der Waals surface area contributed by atoms with Gasteiger partial charge < -0.3 is 0 Å². The lowest BCUT2D eigenvalue weighted by Gasteiger charge is -2.37. The molecule has 0 bridgehead atoms. The van der Waals surface area contributed by atoms with Crippen LogP contribution < -0.4 is 41.5 Å². The van der Waals surface area contributed by atoms with E-state index >= 15 is 0 Å². The van der Waals surface area contributed by atoms with Gasteiger partial charge in [-0.15, -0.1) is 0 Å². The summed E-state index contributed by atoms with van der Waals surface area (Å²) in [4.78, 5) is 0. The molecule has 0 spiro atoms. The second-order valence-corrected chi connectivity index (χ2v) is 29.6. The van der Waals surface area contributed by atoms with Crippen LogP contribution in [-0.2, 0) is 16.2 Å². The molecule has 0 nitrogen and oxygen atoms in total. The van der Waals surface area contributed by atoms with E-state index in [1.807, 2.05) is 0 Å². The van der Waals surface area contributed by atoms with Crippen molar-refractivity contribution in [3.8, 4) is 33.4 Å². The van der Waals surface area contributed by atoms with Gasteiger partial charge in [0.2, 0.25) is 0 Å². The minimum Gasteiger partial charge on any atom is -0.0623 e. The van der Waals surface area contributed by atoms with Crippen LogP contribution in [0.5, 0.6) is 0 Å². The Labute approximate surface area is 422 Å². The monoisotopic (exact) mass is 942 g/mol. The lowest BCUT2D eigenvalue weighted by Crippen LogP contribution is -2.75. The van der Waals surface area contributed by atoms with Crippen molar-refractivity contribution in [1.82, 2.24) is 0 Å². The molecule has 71 heavy (non-hydrogen) atoms. The standard InChI is InChI=1S/C69H58Si2/c1-67(2)61-33-21-19-31-55(61)57-39-35-51(43-63(57)67)70(47-23-11-7-12-24-47,48-25-13-8-14-26-48)53-37-41-59-60-42-38-54(46-66(60)69(5,6)65(59)45-53)71(49-27-15-9-16-28-49,50-29-17-10-18-30-50)52-36-40-58-56-32-20-22-34-62(56)68(3,4)64(58)44-52/h7-46H,1-6H3. The van der Waals surface area contributed by atoms with E-state index < -0.39 is 16.1 Å². The molecule has 10 aromatic rings. The maximum Gasteiger partial charge on any atom is 0.179 e. The summed E-state index contributed by atoms with van der Waals surface area (Å²) >= 11 is 0. The third-order valence-electron chi connectivity index (χ3n) is 17.4. The number of hydrogen-bond acceptors (Lipinski definition) is 0. The summed E-state index contributed by atoms with van der Waals surface area (Å²) in [6.07, 6.45) is 0. The molecule has 0 fully saturated rings. The van der Waals surface area contributed by atoms with Gasteiger partial charge in [-0.2, -0.15) is 0 Å². The smallest absolute Gasteiger partial charge is 0.0623 e. The van der Waals surface area contributed by atoms with Gasteiger partial charge in [-0.3, -0.25) is 0 Å². The second kappa shape index (κ2) is 15.8. The van der Waals surface area contributed by atoms with E-state index in [0.29, 0.717) is 0 Å². The molecule has 342 valence electrons. The van der Waals surface area contributed by atoms with E-state index in [1.165, 1.54) is 108 Å². The highest BCUT2D eigenvalue weighted by molar-refractivity contribution is 7.20. The van der Waals surface area contributed by atoms with Crippen molar-refractivity contribution < 1.29 is 0 Å². The summed E-state index contributed by atoms with van der Waals surface area (Å²) < 4.78 is 0. The third kappa shape index (κ3) is 6.08. The molecule has 0 amide bonds. The van der Waals surface area contributed by atoms with E-state index in [9.17, 15) is 0 Å². The largest absolute Gasteiger partial charge is 0.179 e. The Morgan fingerprint density at radius 1 is 0.197 bits per heavy atom. The van der Waals surface area contributed by atoms with E-state index in [0.717, 1.165) is 0 Å². The van der Waals surface area contributed by atoms with Crippen LogP contribution in [0.1, 0.15) is 74.9 Å². The average Bonchev–Trinajstić information content (AvgIpc) is 3.89. The second-order valence-electron chi connectivity index (χ2n) is 22.0. The summed E-state index contributed by atoms with van der Waals surface area (Å²) in [5, 5.41) is 11.3. The normalized spacial score (nSPS) is 15.2. The highest BCUT2D eigenvalue weighted by atomic mass is 28.3. The van der Waals surface area contributed by atoms with Crippen LogP contribution in [0.2, 0.25) is 0 Å². The van der Waals surface area contributed by atoms with Crippen LogP contribution in [-0.4, -0.2) is 16.1 Å². The number of fused-ring (bicyclic) bond motifs is 9. The lowest BCUT2D eigenvalue weighted by molar-refractivity contribution is 0.660. The van der Waals surface area contributed by atoms with Gasteiger partial charge in [0.05, 0.1) is 0 Å². The zero-order valence-electron chi connectivity index (χ0n) is 41.6. The minimum absolute atomic E-state index is 0.117. The topological polar surface area (TPSA) is 0 Å². The summed E-state index contributed by atoms with van der Waals surface area (Å²) in [5.74, 6) is 0. The Hall–Kier alpha value is -7.37. The predicted octanol–water partition coefficient (Wildman–Crippen LogP) is 11.4. The fourth-order valence-corrected chi connectivity index (χ4v) is 23.4. The molecule has 0 aromatic heterocycles. The van der Waals surface area contributed by atoms with Crippen LogP contribution in [0.4, 0.5) is 0 Å². The van der Waals surface area contributed by atoms with Crippen LogP contribution in [0.15, 0.2) is 243 Å². The highest BCUT2D eigenvalue weighted by Crippen LogP contribution is 2.51. The maximum absolute atomic E-state index is 2.93. The summed E-state index contributed by atoms with van der Waals surface area (Å²) in [7, 11) is -5.86. The van der Waals surface area contributed by atoms with Crippen LogP contribution >= 0.6 is 0 Å². The van der Waals surface area contributed by atoms with Gasteiger partial charge >= 0.3 is 0 Å². The fraction of sp³-hybridized carbons (Fsp3) is 0.130. The van der Waals surface area contributed by atoms with Crippen molar-refractivity contribution in [2.24, 2.45) is 0 Å². The summed E-state index contributed by atoms with van der Waals surface area (Å²) in [5.41, 5.74) is 16.1. The quantitative estimate of drug-likeness (QED) is 0.105. The Balaban J connectivity index is 1.02. The first-order valence-electron chi connectivity index (χ1n) is 25.5. The van der Waals surface area contributed by atoms with Gasteiger partial charge in [0.25, 0.3) is 0 Å². The van der Waals surface area contributed by atoms with Gasteiger partial charge in [0.1, 0.15) is 0 Å². The van der Waals surface area contributed by atoms with Crippen molar-refractivity contribution in [1.29, 1.82) is 0 Å². The Kier molecular flexibility index (Phi) is 9.72. The highest BCUT2D eigenvalue weighted by Gasteiger charge is 2.48. The van der Waals surface area contributed by atoms with Crippen molar-refractivity contribution >= 4 is 57.6 Å². The van der Waals surface area contributed by atoms with Gasteiger partial charge in [-0.1, -0.05) is 284 Å². The molecule has 0 saturated carbocycles. The van der Waals surface area contributed by atoms with Gasteiger partial charge in [0, 0.05) is 16.2 Å². The Morgan fingerprint density at radius 2 is 0.408 bits per heavy atom. The molecule has 0 atom stereocenters. The van der Waals surface area contributed by atoms with E-state index in [4.69, 9.17) is 0 Å². The molecule has 0 radical (unpaired) electrons. The molecular formula is C69H58Si2. The van der Waals surface area contributed by atoms with Crippen LogP contribution in [0, 0.1) is 0 Å². The van der Waals surface area contributed by atoms with Crippen LogP contribution in [0.3, 0.4) is 0 Å². The van der Waals surface area contributed by atoms with Crippen molar-refractivity contribution in [2.75, 3.05) is 0 Å². The molecule has 0 unspecified atom stereocenters. The third-order valence-corrected chi connectivity index (χ3v) is 26.9. The molecule has 10 aromatic carbocycles. The van der Waals surface area contributed by atoms with Crippen molar-refractivity contribution in [2.45, 2.75) is 57.8 Å². The zero-order valence-corrected chi connectivity index (χ0v) is 43.6. The Morgan fingerprint density at radius 3 is 0.676 bits per heavy atom. The van der Waals surface area contributed by atoms with Crippen molar-refractivity contribution in [3.05, 3.63) is 276 Å². The molecule has 0 heterocycles. The molecular weight excluding hydrogens is 885 g/mol. The van der Waals surface area contributed by atoms with Crippen molar-refractivity contribution in [3.63, 3.8) is 0 Å². The summed E-state index contributed by atoms with van der Waals surface area (Å²) in [6.45, 7) is 14.6. The first-order chi connectivity index (χ1) is 34.5. The fourth-order valence-electron chi connectivity index (χ4n) is 13.8. The molecule has 2 heteroatoms. The average molecular weight is 943 g/mol. The van der Waals surface area contributed by atoms with E-state index in [1.54, 1.807) is 0 Å².